The van der Waals surface area contributed by atoms with E-state index in [1.165, 1.54) is 0 Å². The highest BCUT2D eigenvalue weighted by atomic mass is 16.5. The molecule has 3 rings (SSSR count). The van der Waals surface area contributed by atoms with E-state index in [1.54, 1.807) is 12.4 Å². The van der Waals surface area contributed by atoms with Gasteiger partial charge >= 0.3 is 5.97 Å². The van der Waals surface area contributed by atoms with Crippen LogP contribution in [0.5, 0.6) is 5.75 Å². The highest BCUT2D eigenvalue weighted by molar-refractivity contribution is 5.76. The van der Waals surface area contributed by atoms with Gasteiger partial charge in [0.2, 0.25) is 0 Å². The molecule has 1 atom stereocenters. The lowest BCUT2D eigenvalue weighted by molar-refractivity contribution is -0.152. The molecular formula is C17H17NO3. The molecule has 1 aromatic heterocycles. The number of para-hydroxylation sites is 1. The summed E-state index contributed by atoms with van der Waals surface area (Å²) in [6, 6.07) is 11.5. The molecule has 0 fully saturated rings. The van der Waals surface area contributed by atoms with Crippen molar-refractivity contribution in [2.75, 3.05) is 6.61 Å². The molecule has 4 heteroatoms. The van der Waals surface area contributed by atoms with Gasteiger partial charge in [-0.3, -0.25) is 9.78 Å². The second-order valence-electron chi connectivity index (χ2n) is 5.51. The number of hydrogen-bond donors (Lipinski definition) is 1. The zero-order chi connectivity index (χ0) is 14.7. The smallest absolute Gasteiger partial charge is 0.313 e. The lowest BCUT2D eigenvalue weighted by atomic mass is 9.76. The molecule has 0 saturated carbocycles. The lowest BCUT2D eigenvalue weighted by Gasteiger charge is -2.34. The minimum absolute atomic E-state index is 0.227. The van der Waals surface area contributed by atoms with Crippen LogP contribution in [-0.4, -0.2) is 22.7 Å². The van der Waals surface area contributed by atoms with Crippen molar-refractivity contribution in [2.45, 2.75) is 19.3 Å². The first-order valence-electron chi connectivity index (χ1n) is 7.03. The first-order chi connectivity index (χ1) is 10.2. The Labute approximate surface area is 123 Å². The van der Waals surface area contributed by atoms with Gasteiger partial charge in [0.05, 0.1) is 0 Å². The largest absolute Gasteiger partial charge is 0.492 e. The number of benzene rings is 1. The number of aliphatic carboxylic acids is 1. The Bertz CT molecular complexity index is 641. The zero-order valence-corrected chi connectivity index (χ0v) is 11.7. The van der Waals surface area contributed by atoms with Crippen molar-refractivity contribution < 1.29 is 14.6 Å². The summed E-state index contributed by atoms with van der Waals surface area (Å²) in [5, 5.41) is 9.70. The summed E-state index contributed by atoms with van der Waals surface area (Å²) in [7, 11) is 0. The molecule has 1 unspecified atom stereocenters. The van der Waals surface area contributed by atoms with Gasteiger partial charge < -0.3 is 9.84 Å². The van der Waals surface area contributed by atoms with Crippen molar-refractivity contribution >= 4 is 5.97 Å². The standard InChI is InChI=1S/C17H17NO3/c19-16(20)17(8-5-13-6-9-18-10-7-13)11-14-3-1-2-4-15(14)21-12-17/h1-4,6-7,9-10H,5,8,11-12H2,(H,19,20). The number of nitrogens with zero attached hydrogens (tertiary/aromatic N) is 1. The number of aromatic nitrogens is 1. The van der Waals surface area contributed by atoms with Crippen LogP contribution in [0.4, 0.5) is 0 Å². The van der Waals surface area contributed by atoms with E-state index in [4.69, 9.17) is 4.74 Å². The van der Waals surface area contributed by atoms with Gasteiger partial charge in [-0.15, -0.1) is 0 Å². The second-order valence-corrected chi connectivity index (χ2v) is 5.51. The predicted octanol–water partition coefficient (Wildman–Crippen LogP) is 2.72. The highest BCUT2D eigenvalue weighted by Gasteiger charge is 2.42. The van der Waals surface area contributed by atoms with Crippen LogP contribution >= 0.6 is 0 Å². The third-order valence-electron chi connectivity index (χ3n) is 4.10. The fourth-order valence-electron chi connectivity index (χ4n) is 2.76. The van der Waals surface area contributed by atoms with Crippen molar-refractivity contribution in [2.24, 2.45) is 5.41 Å². The average Bonchev–Trinajstić information content (AvgIpc) is 2.53. The van der Waals surface area contributed by atoms with Crippen LogP contribution < -0.4 is 4.74 Å². The van der Waals surface area contributed by atoms with E-state index < -0.39 is 11.4 Å². The van der Waals surface area contributed by atoms with Gasteiger partial charge in [0.15, 0.2) is 0 Å². The number of pyridine rings is 1. The number of hydrogen-bond acceptors (Lipinski definition) is 3. The topological polar surface area (TPSA) is 59.4 Å². The third-order valence-corrected chi connectivity index (χ3v) is 4.10. The predicted molar refractivity (Wildman–Crippen MR) is 78.3 cm³/mol. The fourth-order valence-corrected chi connectivity index (χ4v) is 2.76. The summed E-state index contributed by atoms with van der Waals surface area (Å²) in [6.07, 6.45) is 5.25. The third kappa shape index (κ3) is 2.75. The molecule has 1 aromatic carbocycles. The fraction of sp³-hybridized carbons (Fsp3) is 0.294. The minimum atomic E-state index is -0.850. The zero-order valence-electron chi connectivity index (χ0n) is 11.7. The summed E-state index contributed by atoms with van der Waals surface area (Å²) >= 11 is 0. The van der Waals surface area contributed by atoms with E-state index in [1.807, 2.05) is 36.4 Å². The number of aryl methyl sites for hydroxylation is 1. The SMILES string of the molecule is O=C(O)C1(CCc2ccncc2)COc2ccccc2C1. The Morgan fingerprint density at radius 2 is 2.00 bits per heavy atom. The number of fused-ring (bicyclic) bond motifs is 1. The first-order valence-corrected chi connectivity index (χ1v) is 7.03. The highest BCUT2D eigenvalue weighted by Crippen LogP contribution is 2.38. The first kappa shape index (κ1) is 13.6. The molecule has 0 saturated heterocycles. The number of ether oxygens (including phenoxy) is 1. The van der Waals surface area contributed by atoms with Crippen LogP contribution in [0.25, 0.3) is 0 Å². The van der Waals surface area contributed by atoms with Gasteiger partial charge in [-0.05, 0) is 48.6 Å². The molecule has 2 aromatic rings. The van der Waals surface area contributed by atoms with Crippen LogP contribution in [0.2, 0.25) is 0 Å². The quantitative estimate of drug-likeness (QED) is 0.937. The maximum Gasteiger partial charge on any atom is 0.313 e. The normalized spacial score (nSPS) is 20.4. The van der Waals surface area contributed by atoms with Crippen molar-refractivity contribution in [1.82, 2.24) is 4.98 Å². The molecule has 21 heavy (non-hydrogen) atoms. The monoisotopic (exact) mass is 283 g/mol. The van der Waals surface area contributed by atoms with E-state index in [0.29, 0.717) is 19.3 Å². The van der Waals surface area contributed by atoms with Crippen molar-refractivity contribution in [3.8, 4) is 5.75 Å². The summed E-state index contributed by atoms with van der Waals surface area (Å²) < 4.78 is 5.70. The van der Waals surface area contributed by atoms with E-state index >= 15 is 0 Å². The molecule has 0 amide bonds. The Morgan fingerprint density at radius 1 is 1.24 bits per heavy atom. The van der Waals surface area contributed by atoms with Gasteiger partial charge in [-0.25, -0.2) is 0 Å². The lowest BCUT2D eigenvalue weighted by Crippen LogP contribution is -2.42. The minimum Gasteiger partial charge on any atom is -0.492 e. The van der Waals surface area contributed by atoms with Crippen molar-refractivity contribution in [3.05, 3.63) is 59.9 Å². The van der Waals surface area contributed by atoms with Gasteiger partial charge in [0.25, 0.3) is 0 Å². The number of carboxylic acid groups (broad SMARTS) is 1. The van der Waals surface area contributed by atoms with Crippen LogP contribution in [0.3, 0.4) is 0 Å². The summed E-state index contributed by atoms with van der Waals surface area (Å²) in [5.74, 6) is 0.0179. The van der Waals surface area contributed by atoms with Gasteiger partial charge in [-0.1, -0.05) is 18.2 Å². The van der Waals surface area contributed by atoms with E-state index in [-0.39, 0.29) is 6.61 Å². The molecular weight excluding hydrogens is 266 g/mol. The van der Waals surface area contributed by atoms with Crippen LogP contribution in [0, 0.1) is 5.41 Å². The van der Waals surface area contributed by atoms with E-state index in [0.717, 1.165) is 16.9 Å². The Kier molecular flexibility index (Phi) is 3.60. The van der Waals surface area contributed by atoms with E-state index in [2.05, 4.69) is 4.98 Å². The molecule has 0 aliphatic carbocycles. The van der Waals surface area contributed by atoms with E-state index in [9.17, 15) is 9.90 Å². The van der Waals surface area contributed by atoms with Crippen LogP contribution in [-0.2, 0) is 17.6 Å². The van der Waals surface area contributed by atoms with Crippen molar-refractivity contribution in [1.29, 1.82) is 0 Å². The molecule has 1 aliphatic rings. The molecule has 1 N–H and O–H groups in total. The van der Waals surface area contributed by atoms with Crippen LogP contribution in [0.1, 0.15) is 17.5 Å². The molecule has 0 radical (unpaired) electrons. The summed E-state index contributed by atoms with van der Waals surface area (Å²) in [6.45, 7) is 0.227. The molecule has 4 nitrogen and oxygen atoms in total. The number of rotatable bonds is 4. The maximum atomic E-state index is 11.8. The average molecular weight is 283 g/mol. The molecule has 108 valence electrons. The summed E-state index contributed by atoms with van der Waals surface area (Å²) in [4.78, 5) is 15.8. The molecule has 0 bridgehead atoms. The number of carboxylic acids is 1. The molecule has 1 aliphatic heterocycles. The Balaban J connectivity index is 1.80. The van der Waals surface area contributed by atoms with Gasteiger partial charge in [-0.2, -0.15) is 0 Å². The van der Waals surface area contributed by atoms with Crippen LogP contribution in [0.15, 0.2) is 48.8 Å². The molecule has 0 spiro atoms. The summed E-state index contributed by atoms with van der Waals surface area (Å²) in [5.41, 5.74) is 1.22. The number of carbonyl (C=O) groups is 1. The second kappa shape index (κ2) is 5.56. The Morgan fingerprint density at radius 3 is 2.76 bits per heavy atom. The Hall–Kier alpha value is -2.36. The van der Waals surface area contributed by atoms with Gasteiger partial charge in [0.1, 0.15) is 17.8 Å². The maximum absolute atomic E-state index is 11.8. The molecule has 2 heterocycles. The van der Waals surface area contributed by atoms with Crippen molar-refractivity contribution in [3.63, 3.8) is 0 Å². The van der Waals surface area contributed by atoms with Gasteiger partial charge in [0, 0.05) is 12.4 Å².